The van der Waals surface area contributed by atoms with Gasteiger partial charge in [0.25, 0.3) is 0 Å². The lowest BCUT2D eigenvalue weighted by molar-refractivity contribution is -0.137. The smallest absolute Gasteiger partial charge is 0.303 e. The summed E-state index contributed by atoms with van der Waals surface area (Å²) in [6, 6.07) is -0.792. The normalized spacial score (nSPS) is 11.4. The molecule has 0 aromatic carbocycles. The Morgan fingerprint density at radius 2 is 1.55 bits per heavy atom. The zero-order valence-corrected chi connectivity index (χ0v) is 13.1. The molecule has 4 N–H and O–H groups in total. The van der Waals surface area contributed by atoms with E-state index in [9.17, 15) is 19.2 Å². The van der Waals surface area contributed by atoms with Gasteiger partial charge in [0, 0.05) is 32.4 Å². The summed E-state index contributed by atoms with van der Waals surface area (Å²) in [5.74, 6) is -1.90. The van der Waals surface area contributed by atoms with Crippen LogP contribution in [0.2, 0.25) is 0 Å². The van der Waals surface area contributed by atoms with Gasteiger partial charge in [-0.1, -0.05) is 0 Å². The lowest BCUT2D eigenvalue weighted by Crippen LogP contribution is -2.47. The third-order valence-corrected chi connectivity index (χ3v) is 2.83. The number of carboxylic acid groups (broad SMARTS) is 1. The number of hydrogen-bond donors (Lipinski definition) is 4. The Labute approximate surface area is 130 Å². The molecule has 0 aromatic heterocycles. The Morgan fingerprint density at radius 1 is 0.909 bits per heavy atom. The number of carbonyl (C=O) groups is 4. The zero-order valence-electron chi connectivity index (χ0n) is 13.1. The fraction of sp³-hybridized carbons (Fsp3) is 0.714. The highest BCUT2D eigenvalue weighted by Crippen LogP contribution is 2.01. The van der Waals surface area contributed by atoms with Crippen molar-refractivity contribution in [3.8, 4) is 0 Å². The first-order valence-corrected chi connectivity index (χ1v) is 7.46. The van der Waals surface area contributed by atoms with Crippen LogP contribution < -0.4 is 16.0 Å². The van der Waals surface area contributed by atoms with Gasteiger partial charge in [0.15, 0.2) is 0 Å². The molecule has 0 fully saturated rings. The summed E-state index contributed by atoms with van der Waals surface area (Å²) in [7, 11) is 0. The highest BCUT2D eigenvalue weighted by atomic mass is 16.4. The molecule has 0 bridgehead atoms. The van der Waals surface area contributed by atoms with Crippen LogP contribution in [0.4, 0.5) is 0 Å². The quantitative estimate of drug-likeness (QED) is 0.419. The van der Waals surface area contributed by atoms with E-state index in [-0.39, 0.29) is 43.9 Å². The van der Waals surface area contributed by atoms with Crippen LogP contribution in [0.5, 0.6) is 0 Å². The molecule has 3 amide bonds. The highest BCUT2D eigenvalue weighted by Gasteiger charge is 2.21. The van der Waals surface area contributed by atoms with Gasteiger partial charge < -0.3 is 21.1 Å². The van der Waals surface area contributed by atoms with Crippen LogP contribution >= 0.6 is 0 Å². The maximum atomic E-state index is 11.9. The molecule has 8 nitrogen and oxygen atoms in total. The summed E-state index contributed by atoms with van der Waals surface area (Å²) in [5, 5.41) is 16.3. The topological polar surface area (TPSA) is 125 Å². The lowest BCUT2D eigenvalue weighted by atomic mass is 10.1. The van der Waals surface area contributed by atoms with Crippen molar-refractivity contribution < 1.29 is 24.3 Å². The predicted octanol–water partition coefficient (Wildman–Crippen LogP) is -0.221. The van der Waals surface area contributed by atoms with Crippen molar-refractivity contribution in [3.05, 3.63) is 0 Å². The molecule has 126 valence electrons. The van der Waals surface area contributed by atoms with Crippen LogP contribution in [0, 0.1) is 0 Å². The van der Waals surface area contributed by atoms with Crippen molar-refractivity contribution in [2.24, 2.45) is 0 Å². The maximum absolute atomic E-state index is 11.9. The molecule has 0 aliphatic rings. The minimum atomic E-state index is -0.968. The molecular weight excluding hydrogens is 290 g/mol. The maximum Gasteiger partial charge on any atom is 0.303 e. The molecule has 1 atom stereocenters. The molecule has 0 aliphatic heterocycles. The Balaban J connectivity index is 4.39. The van der Waals surface area contributed by atoms with Gasteiger partial charge >= 0.3 is 5.97 Å². The Bertz CT molecular complexity index is 398. The number of rotatable bonds is 11. The first-order chi connectivity index (χ1) is 10.4. The number of amides is 3. The van der Waals surface area contributed by atoms with Gasteiger partial charge in [-0.3, -0.25) is 19.2 Å². The Morgan fingerprint density at radius 3 is 2.09 bits per heavy atom. The summed E-state index contributed by atoms with van der Waals surface area (Å²) in [6.07, 6.45) is 0.467. The standard InChI is InChI=1S/C14H25N3O5/c1-3-15-11(18)9-8-10(14(22)16-4-2)17-12(19)6-5-7-13(20)21/h10H,3-9H2,1-2H3,(H,15,18)(H,16,22)(H,17,19)(H,20,21). The Kier molecular flexibility index (Phi) is 10.4. The summed E-state index contributed by atoms with van der Waals surface area (Å²) in [4.78, 5) is 45.4. The van der Waals surface area contributed by atoms with Gasteiger partial charge in [0.05, 0.1) is 0 Å². The molecule has 22 heavy (non-hydrogen) atoms. The van der Waals surface area contributed by atoms with Crippen LogP contribution in [0.1, 0.15) is 46.0 Å². The summed E-state index contributed by atoms with van der Waals surface area (Å²) in [6.45, 7) is 4.48. The first kappa shape index (κ1) is 19.9. The Hall–Kier alpha value is -2.12. The second kappa shape index (κ2) is 11.5. The number of carboxylic acids is 1. The van der Waals surface area contributed by atoms with E-state index < -0.39 is 17.9 Å². The molecule has 8 heteroatoms. The number of hydrogen-bond acceptors (Lipinski definition) is 4. The minimum absolute atomic E-state index is 0.0311. The summed E-state index contributed by atoms with van der Waals surface area (Å²) >= 11 is 0. The first-order valence-electron chi connectivity index (χ1n) is 7.46. The second-order valence-electron chi connectivity index (χ2n) is 4.75. The van der Waals surface area contributed by atoms with Crippen LogP contribution in [-0.2, 0) is 19.2 Å². The zero-order chi connectivity index (χ0) is 17.0. The van der Waals surface area contributed by atoms with Gasteiger partial charge in [-0.25, -0.2) is 0 Å². The molecule has 0 spiro atoms. The van der Waals surface area contributed by atoms with Gasteiger partial charge in [0.2, 0.25) is 17.7 Å². The molecule has 0 rings (SSSR count). The highest BCUT2D eigenvalue weighted by molar-refractivity contribution is 5.88. The second-order valence-corrected chi connectivity index (χ2v) is 4.75. The average molecular weight is 315 g/mol. The third kappa shape index (κ3) is 9.73. The van der Waals surface area contributed by atoms with E-state index in [1.165, 1.54) is 0 Å². The van der Waals surface area contributed by atoms with Crippen molar-refractivity contribution in [2.45, 2.75) is 52.0 Å². The van der Waals surface area contributed by atoms with E-state index >= 15 is 0 Å². The molecule has 1 unspecified atom stereocenters. The lowest BCUT2D eigenvalue weighted by Gasteiger charge is -2.17. The fourth-order valence-electron chi connectivity index (χ4n) is 1.79. The molecule has 0 heterocycles. The number of aliphatic carboxylic acids is 1. The van der Waals surface area contributed by atoms with Crippen LogP contribution in [0.3, 0.4) is 0 Å². The largest absolute Gasteiger partial charge is 0.481 e. The number of likely N-dealkylation sites (N-methyl/N-ethyl adjacent to an activating group) is 1. The van der Waals surface area contributed by atoms with Crippen LogP contribution in [0.15, 0.2) is 0 Å². The van der Waals surface area contributed by atoms with E-state index in [2.05, 4.69) is 16.0 Å². The van der Waals surface area contributed by atoms with Gasteiger partial charge in [0.1, 0.15) is 6.04 Å². The summed E-state index contributed by atoms with van der Waals surface area (Å²) < 4.78 is 0. The molecular formula is C14H25N3O5. The monoisotopic (exact) mass is 315 g/mol. The number of carbonyl (C=O) groups excluding carboxylic acids is 3. The molecule has 0 aliphatic carbocycles. The predicted molar refractivity (Wildman–Crippen MR) is 80.0 cm³/mol. The average Bonchev–Trinajstić information content (AvgIpc) is 2.43. The van der Waals surface area contributed by atoms with E-state index in [4.69, 9.17) is 5.11 Å². The van der Waals surface area contributed by atoms with Crippen molar-refractivity contribution in [3.63, 3.8) is 0 Å². The van der Waals surface area contributed by atoms with Crippen LogP contribution in [-0.4, -0.2) is 47.9 Å². The van der Waals surface area contributed by atoms with Crippen molar-refractivity contribution in [1.82, 2.24) is 16.0 Å². The van der Waals surface area contributed by atoms with E-state index in [1.807, 2.05) is 0 Å². The SMILES string of the molecule is CCNC(=O)CCC(NC(=O)CCCC(=O)O)C(=O)NCC. The van der Waals surface area contributed by atoms with Gasteiger partial charge in [-0.05, 0) is 26.7 Å². The van der Waals surface area contributed by atoms with Crippen molar-refractivity contribution in [1.29, 1.82) is 0 Å². The molecule has 0 aromatic rings. The van der Waals surface area contributed by atoms with Gasteiger partial charge in [-0.15, -0.1) is 0 Å². The number of nitrogens with one attached hydrogen (secondary N) is 3. The van der Waals surface area contributed by atoms with Crippen molar-refractivity contribution in [2.75, 3.05) is 13.1 Å². The molecule has 0 radical (unpaired) electrons. The third-order valence-electron chi connectivity index (χ3n) is 2.83. The van der Waals surface area contributed by atoms with E-state index in [0.717, 1.165) is 0 Å². The van der Waals surface area contributed by atoms with E-state index in [1.54, 1.807) is 13.8 Å². The van der Waals surface area contributed by atoms with Crippen LogP contribution in [0.25, 0.3) is 0 Å². The van der Waals surface area contributed by atoms with Crippen molar-refractivity contribution >= 4 is 23.7 Å². The van der Waals surface area contributed by atoms with E-state index in [0.29, 0.717) is 13.1 Å². The fourth-order valence-corrected chi connectivity index (χ4v) is 1.79. The van der Waals surface area contributed by atoms with Gasteiger partial charge in [-0.2, -0.15) is 0 Å². The summed E-state index contributed by atoms with van der Waals surface area (Å²) in [5.41, 5.74) is 0. The molecule has 0 saturated carbocycles. The minimum Gasteiger partial charge on any atom is -0.481 e. The molecule has 0 saturated heterocycles.